The summed E-state index contributed by atoms with van der Waals surface area (Å²) >= 11 is 0. The number of rotatable bonds is 4. The van der Waals surface area contributed by atoms with Crippen LogP contribution in [0, 0.1) is 0 Å². The summed E-state index contributed by atoms with van der Waals surface area (Å²) in [5, 5.41) is 1.21. The summed E-state index contributed by atoms with van der Waals surface area (Å²) in [5.41, 5.74) is 2.51. The van der Waals surface area contributed by atoms with Gasteiger partial charge in [-0.2, -0.15) is 0 Å². The molecule has 0 spiro atoms. The molecule has 4 heteroatoms. The molecular weight excluding hydrogens is 250 g/mol. The Kier molecular flexibility index (Phi) is 2.55. The fraction of sp³-hybridized carbons (Fsp3) is 0.312. The van der Waals surface area contributed by atoms with Crippen LogP contribution in [0.4, 0.5) is 0 Å². The Balaban J connectivity index is 1.69. The van der Waals surface area contributed by atoms with Gasteiger partial charge >= 0.3 is 0 Å². The molecule has 0 unspecified atom stereocenters. The maximum Gasteiger partial charge on any atom is 0.119 e. The van der Waals surface area contributed by atoms with E-state index in [-0.39, 0.29) is 0 Å². The lowest BCUT2D eigenvalue weighted by Crippen LogP contribution is -2.04. The summed E-state index contributed by atoms with van der Waals surface area (Å²) in [6, 6.07) is 9.01. The highest BCUT2D eigenvalue weighted by Gasteiger charge is 2.25. The number of hydrogen-bond donors (Lipinski definition) is 0. The first-order valence-electron chi connectivity index (χ1n) is 6.99. The molecule has 1 aliphatic carbocycles. The van der Waals surface area contributed by atoms with Gasteiger partial charge in [0.1, 0.15) is 5.75 Å². The third kappa shape index (κ3) is 1.88. The summed E-state index contributed by atoms with van der Waals surface area (Å²) in [4.78, 5) is 4.30. The van der Waals surface area contributed by atoms with Crippen molar-refractivity contribution in [3.63, 3.8) is 0 Å². The van der Waals surface area contributed by atoms with Crippen LogP contribution in [0.5, 0.6) is 5.75 Å². The predicted octanol–water partition coefficient (Wildman–Crippen LogP) is 3.23. The predicted molar refractivity (Wildman–Crippen MR) is 78.1 cm³/mol. The minimum absolute atomic E-state index is 0.675. The van der Waals surface area contributed by atoms with E-state index in [1.165, 1.54) is 29.4 Å². The Morgan fingerprint density at radius 3 is 3.00 bits per heavy atom. The lowest BCUT2D eigenvalue weighted by atomic mass is 10.2. The van der Waals surface area contributed by atoms with Gasteiger partial charge in [0, 0.05) is 29.3 Å². The molecule has 0 N–H and O–H groups in total. The first-order chi connectivity index (χ1) is 9.85. The van der Waals surface area contributed by atoms with E-state index in [4.69, 9.17) is 4.74 Å². The second-order valence-electron chi connectivity index (χ2n) is 5.39. The van der Waals surface area contributed by atoms with Gasteiger partial charge in [0.2, 0.25) is 0 Å². The van der Waals surface area contributed by atoms with Gasteiger partial charge in [-0.05, 0) is 37.1 Å². The SMILES string of the molecule is COc1ccc2c(ccn2Cc2cncn2C2CC2)c1. The highest BCUT2D eigenvalue weighted by atomic mass is 16.5. The van der Waals surface area contributed by atoms with Gasteiger partial charge in [0.15, 0.2) is 0 Å². The number of fused-ring (bicyclic) bond motifs is 1. The number of benzene rings is 1. The molecule has 20 heavy (non-hydrogen) atoms. The van der Waals surface area contributed by atoms with Crippen molar-refractivity contribution in [3.05, 3.63) is 48.7 Å². The largest absolute Gasteiger partial charge is 0.497 e. The molecule has 0 radical (unpaired) electrons. The van der Waals surface area contributed by atoms with Crippen LogP contribution in [0.1, 0.15) is 24.6 Å². The average molecular weight is 267 g/mol. The summed E-state index contributed by atoms with van der Waals surface area (Å²) < 4.78 is 9.86. The molecule has 0 bridgehead atoms. The van der Waals surface area contributed by atoms with E-state index in [9.17, 15) is 0 Å². The second-order valence-corrected chi connectivity index (χ2v) is 5.39. The van der Waals surface area contributed by atoms with E-state index in [0.717, 1.165) is 12.3 Å². The van der Waals surface area contributed by atoms with E-state index >= 15 is 0 Å². The summed E-state index contributed by atoms with van der Waals surface area (Å²) in [7, 11) is 1.70. The van der Waals surface area contributed by atoms with Gasteiger partial charge < -0.3 is 13.9 Å². The van der Waals surface area contributed by atoms with Crippen molar-refractivity contribution < 1.29 is 4.74 Å². The van der Waals surface area contributed by atoms with Crippen LogP contribution in [-0.2, 0) is 6.54 Å². The molecule has 0 atom stereocenters. The van der Waals surface area contributed by atoms with Crippen LogP contribution in [0.15, 0.2) is 43.0 Å². The van der Waals surface area contributed by atoms with E-state index in [1.54, 1.807) is 7.11 Å². The van der Waals surface area contributed by atoms with Crippen LogP contribution in [0.3, 0.4) is 0 Å². The molecular formula is C16H17N3O. The molecule has 1 aliphatic rings. The normalized spacial score (nSPS) is 14.8. The Morgan fingerprint density at radius 1 is 1.30 bits per heavy atom. The molecule has 102 valence electrons. The Hall–Kier alpha value is -2.23. The summed E-state index contributed by atoms with van der Waals surface area (Å²) in [6.45, 7) is 0.867. The van der Waals surface area contributed by atoms with Crippen LogP contribution < -0.4 is 4.74 Å². The first kappa shape index (κ1) is 11.6. The number of ether oxygens (including phenoxy) is 1. The average Bonchev–Trinajstić information content (AvgIpc) is 3.09. The van der Waals surface area contributed by atoms with Crippen molar-refractivity contribution in [2.45, 2.75) is 25.4 Å². The third-order valence-corrected chi connectivity index (χ3v) is 4.00. The molecule has 0 aliphatic heterocycles. The lowest BCUT2D eigenvalue weighted by Gasteiger charge is -2.09. The Morgan fingerprint density at radius 2 is 2.20 bits per heavy atom. The first-order valence-corrected chi connectivity index (χ1v) is 6.99. The minimum atomic E-state index is 0.675. The minimum Gasteiger partial charge on any atom is -0.497 e. The maximum absolute atomic E-state index is 5.27. The van der Waals surface area contributed by atoms with Crippen LogP contribution >= 0.6 is 0 Å². The van der Waals surface area contributed by atoms with Gasteiger partial charge in [0.05, 0.1) is 25.7 Å². The fourth-order valence-electron chi connectivity index (χ4n) is 2.75. The monoisotopic (exact) mass is 267 g/mol. The molecule has 2 aromatic heterocycles. The van der Waals surface area contributed by atoms with Gasteiger partial charge in [-0.25, -0.2) is 4.98 Å². The van der Waals surface area contributed by atoms with Gasteiger partial charge in [-0.15, -0.1) is 0 Å². The van der Waals surface area contributed by atoms with Crippen LogP contribution in [0.25, 0.3) is 10.9 Å². The second kappa shape index (κ2) is 4.40. The molecule has 1 aromatic carbocycles. The van der Waals surface area contributed by atoms with E-state index in [2.05, 4.69) is 38.5 Å². The quantitative estimate of drug-likeness (QED) is 0.727. The number of aromatic nitrogens is 3. The Bertz CT molecular complexity index is 752. The number of imidazole rings is 1. The molecule has 1 fully saturated rings. The third-order valence-electron chi connectivity index (χ3n) is 4.00. The summed E-state index contributed by atoms with van der Waals surface area (Å²) in [5.74, 6) is 0.901. The molecule has 1 saturated carbocycles. The molecule has 0 amide bonds. The lowest BCUT2D eigenvalue weighted by molar-refractivity contribution is 0.415. The van der Waals surface area contributed by atoms with Gasteiger partial charge in [-0.1, -0.05) is 0 Å². The zero-order chi connectivity index (χ0) is 13.5. The van der Waals surface area contributed by atoms with E-state index in [1.807, 2.05) is 18.6 Å². The van der Waals surface area contributed by atoms with Crippen molar-refractivity contribution >= 4 is 10.9 Å². The highest BCUT2D eigenvalue weighted by molar-refractivity contribution is 5.81. The zero-order valence-corrected chi connectivity index (χ0v) is 11.5. The standard InChI is InChI=1S/C16H17N3O/c1-20-15-4-5-16-12(8-15)6-7-18(16)10-14-9-17-11-19(14)13-2-3-13/h4-9,11,13H,2-3,10H2,1H3. The summed E-state index contributed by atoms with van der Waals surface area (Å²) in [6.07, 6.45) is 8.64. The number of hydrogen-bond acceptors (Lipinski definition) is 2. The fourth-order valence-corrected chi connectivity index (χ4v) is 2.75. The zero-order valence-electron chi connectivity index (χ0n) is 11.5. The topological polar surface area (TPSA) is 32.0 Å². The Labute approximate surface area is 117 Å². The highest BCUT2D eigenvalue weighted by Crippen LogP contribution is 2.36. The molecule has 2 heterocycles. The van der Waals surface area contributed by atoms with Crippen molar-refractivity contribution in [1.82, 2.24) is 14.1 Å². The van der Waals surface area contributed by atoms with Crippen LogP contribution in [0.2, 0.25) is 0 Å². The van der Waals surface area contributed by atoms with Crippen molar-refractivity contribution in [1.29, 1.82) is 0 Å². The van der Waals surface area contributed by atoms with E-state index in [0.29, 0.717) is 6.04 Å². The molecule has 4 rings (SSSR count). The maximum atomic E-state index is 5.27. The van der Waals surface area contributed by atoms with Crippen molar-refractivity contribution in [2.24, 2.45) is 0 Å². The molecule has 0 saturated heterocycles. The van der Waals surface area contributed by atoms with Gasteiger partial charge in [0.25, 0.3) is 0 Å². The number of nitrogens with zero attached hydrogens (tertiary/aromatic N) is 3. The van der Waals surface area contributed by atoms with Gasteiger partial charge in [-0.3, -0.25) is 0 Å². The van der Waals surface area contributed by atoms with Crippen molar-refractivity contribution in [2.75, 3.05) is 7.11 Å². The molecule has 3 aromatic rings. The van der Waals surface area contributed by atoms with Crippen LogP contribution in [-0.4, -0.2) is 21.2 Å². The smallest absolute Gasteiger partial charge is 0.119 e. The van der Waals surface area contributed by atoms with Crippen molar-refractivity contribution in [3.8, 4) is 5.75 Å². The molecule has 4 nitrogen and oxygen atoms in total. The number of methoxy groups -OCH3 is 1. The van der Waals surface area contributed by atoms with E-state index < -0.39 is 0 Å².